The highest BCUT2D eigenvalue weighted by Crippen LogP contribution is 2.33. The number of hydrazine groups is 1. The fourth-order valence-electron chi connectivity index (χ4n) is 3.23. The van der Waals surface area contributed by atoms with E-state index in [0.29, 0.717) is 22.1 Å². The summed E-state index contributed by atoms with van der Waals surface area (Å²) in [4.78, 5) is 28.6. The van der Waals surface area contributed by atoms with E-state index in [2.05, 4.69) is 10.4 Å². The average Bonchev–Trinajstić information content (AvgIpc) is 3.04. The lowest BCUT2D eigenvalue weighted by Gasteiger charge is -2.28. The molecule has 11 heteroatoms. The number of halogens is 3. The molecule has 0 bridgehead atoms. The molecular weight excluding hydrogens is 454 g/mol. The molecule has 1 fully saturated rings. The van der Waals surface area contributed by atoms with Crippen LogP contribution in [0.1, 0.15) is 43.2 Å². The lowest BCUT2D eigenvalue weighted by molar-refractivity contribution is -0.139. The van der Waals surface area contributed by atoms with E-state index in [1.807, 2.05) is 5.01 Å². The maximum absolute atomic E-state index is 13.9. The van der Waals surface area contributed by atoms with Crippen molar-refractivity contribution in [2.45, 2.75) is 38.1 Å². The highest BCUT2D eigenvalue weighted by atomic mass is 35.5. The van der Waals surface area contributed by atoms with Crippen LogP contribution in [0, 0.1) is 5.82 Å². The van der Waals surface area contributed by atoms with Crippen LogP contribution in [0.15, 0.2) is 28.1 Å². The highest BCUT2D eigenvalue weighted by molar-refractivity contribution is 8.18. The maximum Gasteiger partial charge on any atom is 0.312 e. The first kappa shape index (κ1) is 26.4. The molecule has 166 valence electrons. The summed E-state index contributed by atoms with van der Waals surface area (Å²) in [6.45, 7) is 3.37. The Morgan fingerprint density at radius 2 is 2.17 bits per heavy atom. The van der Waals surface area contributed by atoms with E-state index in [-0.39, 0.29) is 30.4 Å². The maximum atomic E-state index is 13.9. The van der Waals surface area contributed by atoms with Gasteiger partial charge in [-0.05, 0) is 60.4 Å². The van der Waals surface area contributed by atoms with Gasteiger partial charge in [0.05, 0.1) is 10.8 Å². The molecule has 2 unspecified atom stereocenters. The second-order valence-electron chi connectivity index (χ2n) is 6.74. The van der Waals surface area contributed by atoms with Gasteiger partial charge < -0.3 is 10.8 Å². The Kier molecular flexibility index (Phi) is 10.3. The van der Waals surface area contributed by atoms with Crippen molar-refractivity contribution in [2.75, 3.05) is 13.1 Å². The number of carboxylic acid groups (broad SMARTS) is 1. The van der Waals surface area contributed by atoms with Crippen molar-refractivity contribution in [1.29, 1.82) is 0 Å². The Bertz CT molecular complexity index is 847. The topological polar surface area (TPSA) is 108 Å². The van der Waals surface area contributed by atoms with E-state index in [9.17, 15) is 19.1 Å². The number of aliphatic carboxylic acids is 1. The van der Waals surface area contributed by atoms with E-state index in [4.69, 9.17) is 5.73 Å². The second kappa shape index (κ2) is 11.7. The van der Waals surface area contributed by atoms with Gasteiger partial charge in [0.15, 0.2) is 5.17 Å². The van der Waals surface area contributed by atoms with Gasteiger partial charge in [0, 0.05) is 19.1 Å². The fourth-order valence-corrected chi connectivity index (χ4v) is 4.14. The molecule has 1 amide bonds. The third-order valence-electron chi connectivity index (χ3n) is 4.79. The van der Waals surface area contributed by atoms with E-state index in [1.54, 1.807) is 13.0 Å². The van der Waals surface area contributed by atoms with Crippen molar-refractivity contribution < 1.29 is 19.1 Å². The number of carbonyl (C=O) groups is 2. The smallest absolute Gasteiger partial charge is 0.312 e. The number of amides is 1. The Balaban J connectivity index is 0.00000225. The summed E-state index contributed by atoms with van der Waals surface area (Å²) in [6, 6.07) is 3.22. The number of amidine groups is 1. The zero-order chi connectivity index (χ0) is 20.3. The molecule has 1 aromatic rings. The van der Waals surface area contributed by atoms with Crippen LogP contribution in [0.3, 0.4) is 0 Å². The van der Waals surface area contributed by atoms with Crippen molar-refractivity contribution in [2.24, 2.45) is 10.7 Å². The van der Waals surface area contributed by atoms with Crippen LogP contribution in [0.25, 0.3) is 6.08 Å². The molecule has 0 radical (unpaired) electrons. The summed E-state index contributed by atoms with van der Waals surface area (Å²) in [5, 5.41) is 12.1. The molecular formula is C19H25Cl2FN4O3S. The van der Waals surface area contributed by atoms with Gasteiger partial charge in [0.1, 0.15) is 5.82 Å². The quantitative estimate of drug-likeness (QED) is 0.557. The molecule has 4 N–H and O–H groups in total. The molecule has 3 rings (SSSR count). The molecule has 0 saturated carbocycles. The number of benzene rings is 1. The summed E-state index contributed by atoms with van der Waals surface area (Å²) in [6.07, 6.45) is 4.07. The molecule has 0 spiro atoms. The Labute approximate surface area is 191 Å². The fraction of sp³-hybridized carbons (Fsp3) is 0.421. The van der Waals surface area contributed by atoms with Gasteiger partial charge in [0.25, 0.3) is 5.91 Å². The minimum atomic E-state index is -1.13. The summed E-state index contributed by atoms with van der Waals surface area (Å²) < 4.78 is 13.9. The molecule has 0 aromatic heterocycles. The van der Waals surface area contributed by atoms with Crippen LogP contribution < -0.4 is 11.2 Å². The number of aliphatic imine (C=N–C) groups is 1. The minimum Gasteiger partial charge on any atom is -0.481 e. The monoisotopic (exact) mass is 478 g/mol. The number of nitrogens with two attached hydrogens (primary N) is 1. The second-order valence-corrected chi connectivity index (χ2v) is 7.75. The first-order chi connectivity index (χ1) is 13.4. The molecule has 2 atom stereocenters. The van der Waals surface area contributed by atoms with Crippen LogP contribution in [0.5, 0.6) is 0 Å². The highest BCUT2D eigenvalue weighted by Gasteiger charge is 2.30. The number of carbonyl (C=O) groups excluding carboxylic acids is 1. The van der Waals surface area contributed by atoms with Crippen molar-refractivity contribution in [3.8, 4) is 0 Å². The van der Waals surface area contributed by atoms with Gasteiger partial charge in [-0.2, -0.15) is 4.99 Å². The number of nitrogens with zero attached hydrogens (tertiary/aromatic N) is 2. The number of hydrogen-bond donors (Lipinski definition) is 3. The molecule has 2 aliphatic rings. The summed E-state index contributed by atoms with van der Waals surface area (Å²) in [7, 11) is 0. The third kappa shape index (κ3) is 5.95. The molecule has 30 heavy (non-hydrogen) atoms. The zero-order valence-electron chi connectivity index (χ0n) is 16.3. The normalized spacial score (nSPS) is 19.6. The van der Waals surface area contributed by atoms with E-state index >= 15 is 0 Å². The van der Waals surface area contributed by atoms with Gasteiger partial charge in [-0.3, -0.25) is 14.6 Å². The number of carboxylic acids is 1. The predicted octanol–water partition coefficient (Wildman–Crippen LogP) is 3.15. The van der Waals surface area contributed by atoms with Crippen LogP contribution in [0.2, 0.25) is 0 Å². The van der Waals surface area contributed by atoms with E-state index in [0.717, 1.165) is 25.9 Å². The van der Waals surface area contributed by atoms with Gasteiger partial charge >= 0.3 is 5.97 Å². The van der Waals surface area contributed by atoms with E-state index < -0.39 is 29.7 Å². The molecule has 2 heterocycles. The van der Waals surface area contributed by atoms with Gasteiger partial charge in [-0.1, -0.05) is 13.0 Å². The largest absolute Gasteiger partial charge is 0.481 e. The molecule has 1 saturated heterocycles. The van der Waals surface area contributed by atoms with Crippen molar-refractivity contribution in [3.05, 3.63) is 40.0 Å². The van der Waals surface area contributed by atoms with Crippen molar-refractivity contribution in [1.82, 2.24) is 10.4 Å². The van der Waals surface area contributed by atoms with Gasteiger partial charge in [0.2, 0.25) is 0 Å². The number of thioether (sulfide) groups is 1. The van der Waals surface area contributed by atoms with E-state index in [1.165, 1.54) is 30.0 Å². The first-order valence-electron chi connectivity index (χ1n) is 9.22. The van der Waals surface area contributed by atoms with Crippen molar-refractivity contribution >= 4 is 59.7 Å². The predicted molar refractivity (Wildman–Crippen MR) is 121 cm³/mol. The third-order valence-corrected chi connectivity index (χ3v) is 5.79. The summed E-state index contributed by atoms with van der Waals surface area (Å²) in [5.41, 5.74) is 9.90. The molecule has 1 aromatic carbocycles. The summed E-state index contributed by atoms with van der Waals surface area (Å²) in [5.74, 6) is -3.14. The molecule has 0 aliphatic carbocycles. The lowest BCUT2D eigenvalue weighted by Crippen LogP contribution is -2.45. The Hall–Kier alpha value is -1.65. The number of hydrogen-bond acceptors (Lipinski definition) is 6. The van der Waals surface area contributed by atoms with Crippen LogP contribution in [0.4, 0.5) is 4.39 Å². The van der Waals surface area contributed by atoms with Crippen LogP contribution in [-0.4, -0.2) is 46.3 Å². The first-order valence-corrected chi connectivity index (χ1v) is 10.0. The SMILES string of the molecule is CCC(N)C(C(=O)O)c1cc(F)ccc1/C=C1/SC(N2CCCCN2)=NC1=O.Cl.Cl. The van der Waals surface area contributed by atoms with Crippen molar-refractivity contribution in [3.63, 3.8) is 0 Å². The molecule has 7 nitrogen and oxygen atoms in total. The standard InChI is InChI=1S/C19H23FN4O3S.2ClH/c1-2-14(21)16(18(26)27)13-10-12(20)6-5-11(13)9-15-17(25)23-19(28-15)24-8-4-3-7-22-24;;/h5-6,9-10,14,16,22H,2-4,7-8,21H2,1H3,(H,26,27);2*1H/b15-9+;;. The summed E-state index contributed by atoms with van der Waals surface area (Å²) >= 11 is 1.22. The molecule has 2 aliphatic heterocycles. The lowest BCUT2D eigenvalue weighted by atomic mass is 9.87. The number of nitrogens with one attached hydrogen (secondary N) is 1. The van der Waals surface area contributed by atoms with Gasteiger partial charge in [-0.15, -0.1) is 24.8 Å². The Morgan fingerprint density at radius 3 is 2.77 bits per heavy atom. The van der Waals surface area contributed by atoms with Gasteiger partial charge in [-0.25, -0.2) is 9.82 Å². The minimum absolute atomic E-state index is 0. The average molecular weight is 479 g/mol. The Morgan fingerprint density at radius 1 is 1.43 bits per heavy atom. The van der Waals surface area contributed by atoms with Crippen LogP contribution in [-0.2, 0) is 9.59 Å². The van der Waals surface area contributed by atoms with Crippen LogP contribution >= 0.6 is 36.6 Å². The zero-order valence-corrected chi connectivity index (χ0v) is 18.8. The number of rotatable bonds is 5.